The van der Waals surface area contributed by atoms with Gasteiger partial charge in [0.05, 0.1) is 0 Å². The predicted molar refractivity (Wildman–Crippen MR) is 61.8 cm³/mol. The van der Waals surface area contributed by atoms with Crippen molar-refractivity contribution in [1.29, 1.82) is 0 Å². The molecule has 1 aromatic carbocycles. The largest absolute Gasteiger partial charge is 0.352 e. The lowest BCUT2D eigenvalue weighted by molar-refractivity contribution is -0.120. The Morgan fingerprint density at radius 2 is 2.14 bits per heavy atom. The van der Waals surface area contributed by atoms with Crippen LogP contribution in [0.25, 0.3) is 0 Å². The molecule has 1 rings (SSSR count). The summed E-state index contributed by atoms with van der Waals surface area (Å²) in [7, 11) is 0. The number of benzene rings is 1. The average molecular weight is 230 g/mol. The monoisotopic (exact) mass is 229 g/mol. The molecule has 0 spiro atoms. The van der Waals surface area contributed by atoms with Crippen LogP contribution in [0.1, 0.15) is 12.0 Å². The lowest BCUT2D eigenvalue weighted by Crippen LogP contribution is -2.22. The molecule has 1 amide bonds. The van der Waals surface area contributed by atoms with Gasteiger partial charge in [-0.25, -0.2) is 0 Å². The van der Waals surface area contributed by atoms with E-state index in [-0.39, 0.29) is 5.91 Å². The lowest BCUT2D eigenvalue weighted by atomic mass is 10.2. The van der Waals surface area contributed by atoms with Crippen LogP contribution >= 0.6 is 24.2 Å². The van der Waals surface area contributed by atoms with Crippen molar-refractivity contribution >= 4 is 30.1 Å². The van der Waals surface area contributed by atoms with Gasteiger partial charge in [-0.05, 0) is 17.4 Å². The minimum atomic E-state index is -0.0000743. The van der Waals surface area contributed by atoms with Gasteiger partial charge >= 0.3 is 0 Å². The Morgan fingerprint density at radius 1 is 1.43 bits per heavy atom. The molecule has 0 heterocycles. The minimum absolute atomic E-state index is 0.0000743. The van der Waals surface area contributed by atoms with Crippen molar-refractivity contribution in [2.24, 2.45) is 0 Å². The Labute approximate surface area is 94.1 Å². The highest BCUT2D eigenvalue weighted by Crippen LogP contribution is 2.14. The molecule has 0 aliphatic heterocycles. The molecular weight excluding hydrogens is 218 g/mol. The van der Waals surface area contributed by atoms with E-state index in [4.69, 9.17) is 11.6 Å². The molecule has 0 unspecified atom stereocenters. The molecule has 2 nitrogen and oxygen atoms in total. The van der Waals surface area contributed by atoms with Gasteiger partial charge in [-0.15, -0.1) is 0 Å². The van der Waals surface area contributed by atoms with E-state index >= 15 is 0 Å². The third-order valence-electron chi connectivity index (χ3n) is 1.77. The van der Waals surface area contributed by atoms with Gasteiger partial charge < -0.3 is 5.32 Å². The van der Waals surface area contributed by atoms with Gasteiger partial charge in [-0.3, -0.25) is 4.79 Å². The van der Waals surface area contributed by atoms with E-state index in [1.165, 1.54) is 0 Å². The zero-order valence-corrected chi connectivity index (χ0v) is 9.31. The van der Waals surface area contributed by atoms with Gasteiger partial charge in [0.1, 0.15) is 0 Å². The average Bonchev–Trinajstić information content (AvgIpc) is 2.17. The summed E-state index contributed by atoms with van der Waals surface area (Å²) in [5.74, 6) is 0.564. The standard InChI is InChI=1S/C10H12ClNOS/c11-9-4-2-1-3-8(9)7-12-10(13)5-6-14/h1-4,14H,5-7H2,(H,12,13). The zero-order chi connectivity index (χ0) is 10.4. The van der Waals surface area contributed by atoms with Gasteiger partial charge in [-0.1, -0.05) is 29.8 Å². The van der Waals surface area contributed by atoms with Crippen LogP contribution in [0.3, 0.4) is 0 Å². The van der Waals surface area contributed by atoms with Gasteiger partial charge in [-0.2, -0.15) is 12.6 Å². The summed E-state index contributed by atoms with van der Waals surface area (Å²) in [4.78, 5) is 11.1. The van der Waals surface area contributed by atoms with E-state index in [2.05, 4.69) is 17.9 Å². The summed E-state index contributed by atoms with van der Waals surface area (Å²) in [6.07, 6.45) is 0.438. The molecule has 0 aliphatic rings. The van der Waals surface area contributed by atoms with Crippen molar-refractivity contribution in [1.82, 2.24) is 5.32 Å². The van der Waals surface area contributed by atoms with E-state index in [9.17, 15) is 4.79 Å². The van der Waals surface area contributed by atoms with Crippen LogP contribution in [0.15, 0.2) is 24.3 Å². The maximum atomic E-state index is 11.1. The molecule has 0 aliphatic carbocycles. The van der Waals surface area contributed by atoms with Crippen LogP contribution in [0, 0.1) is 0 Å². The normalized spacial score (nSPS) is 9.86. The Balaban J connectivity index is 2.46. The molecular formula is C10H12ClNOS. The molecule has 0 aromatic heterocycles. The molecule has 4 heteroatoms. The number of rotatable bonds is 4. The molecule has 1 aromatic rings. The van der Waals surface area contributed by atoms with Crippen LogP contribution in [0.4, 0.5) is 0 Å². The first-order valence-corrected chi connectivity index (χ1v) is 5.36. The molecule has 0 bridgehead atoms. The van der Waals surface area contributed by atoms with E-state index in [1.54, 1.807) is 0 Å². The SMILES string of the molecule is O=C(CCS)NCc1ccccc1Cl. The summed E-state index contributed by atoms with van der Waals surface area (Å²) >= 11 is 9.89. The highest BCUT2D eigenvalue weighted by atomic mass is 35.5. The first kappa shape index (κ1) is 11.4. The molecule has 0 radical (unpaired) electrons. The number of carbonyl (C=O) groups is 1. The van der Waals surface area contributed by atoms with E-state index < -0.39 is 0 Å². The van der Waals surface area contributed by atoms with Gasteiger partial charge in [0, 0.05) is 18.0 Å². The van der Waals surface area contributed by atoms with Crippen molar-refractivity contribution in [3.05, 3.63) is 34.9 Å². The van der Waals surface area contributed by atoms with Gasteiger partial charge in [0.2, 0.25) is 5.91 Å². The zero-order valence-electron chi connectivity index (χ0n) is 7.66. The molecule has 1 N–H and O–H groups in total. The maximum Gasteiger partial charge on any atom is 0.221 e. The number of nitrogens with one attached hydrogen (secondary N) is 1. The van der Waals surface area contributed by atoms with Crippen molar-refractivity contribution < 1.29 is 4.79 Å². The van der Waals surface area contributed by atoms with Crippen molar-refractivity contribution in [3.8, 4) is 0 Å². The third-order valence-corrected chi connectivity index (χ3v) is 2.37. The van der Waals surface area contributed by atoms with Crippen molar-refractivity contribution in [2.45, 2.75) is 13.0 Å². The molecule has 14 heavy (non-hydrogen) atoms. The maximum absolute atomic E-state index is 11.1. The van der Waals surface area contributed by atoms with E-state index in [0.717, 1.165) is 5.56 Å². The molecule has 0 saturated carbocycles. The minimum Gasteiger partial charge on any atom is -0.352 e. The predicted octanol–water partition coefficient (Wildman–Crippen LogP) is 2.28. The second-order valence-corrected chi connectivity index (χ2v) is 3.70. The Kier molecular flexibility index (Phi) is 4.84. The smallest absolute Gasteiger partial charge is 0.221 e. The number of hydrogen-bond donors (Lipinski definition) is 2. The summed E-state index contributed by atoms with van der Waals surface area (Å²) in [6.45, 7) is 0.478. The number of hydrogen-bond acceptors (Lipinski definition) is 2. The van der Waals surface area contributed by atoms with Crippen molar-refractivity contribution in [2.75, 3.05) is 5.75 Å². The number of halogens is 1. The highest BCUT2D eigenvalue weighted by Gasteiger charge is 2.01. The summed E-state index contributed by atoms with van der Waals surface area (Å²) in [6, 6.07) is 7.46. The number of thiol groups is 1. The second-order valence-electron chi connectivity index (χ2n) is 2.84. The van der Waals surface area contributed by atoms with Crippen LogP contribution in [0.2, 0.25) is 5.02 Å². The fourth-order valence-electron chi connectivity index (χ4n) is 1.03. The summed E-state index contributed by atoms with van der Waals surface area (Å²) < 4.78 is 0. The van der Waals surface area contributed by atoms with Gasteiger partial charge in [0.15, 0.2) is 0 Å². The van der Waals surface area contributed by atoms with Crippen LogP contribution in [0.5, 0.6) is 0 Å². The first-order valence-electron chi connectivity index (χ1n) is 4.35. The van der Waals surface area contributed by atoms with E-state index in [1.807, 2.05) is 24.3 Å². The fraction of sp³-hybridized carbons (Fsp3) is 0.300. The van der Waals surface area contributed by atoms with Crippen LogP contribution in [-0.2, 0) is 11.3 Å². The fourth-order valence-corrected chi connectivity index (χ4v) is 1.43. The Morgan fingerprint density at radius 3 is 2.79 bits per heavy atom. The molecule has 0 atom stereocenters. The third kappa shape index (κ3) is 3.60. The van der Waals surface area contributed by atoms with Gasteiger partial charge in [0.25, 0.3) is 0 Å². The number of amides is 1. The molecule has 0 fully saturated rings. The second kappa shape index (κ2) is 5.94. The topological polar surface area (TPSA) is 29.1 Å². The molecule has 76 valence electrons. The Hall–Kier alpha value is -0.670. The Bertz CT molecular complexity index is 317. The van der Waals surface area contributed by atoms with Crippen LogP contribution in [-0.4, -0.2) is 11.7 Å². The lowest BCUT2D eigenvalue weighted by Gasteiger charge is -2.05. The quantitative estimate of drug-likeness (QED) is 0.763. The highest BCUT2D eigenvalue weighted by molar-refractivity contribution is 7.80. The summed E-state index contributed by atoms with van der Waals surface area (Å²) in [5.41, 5.74) is 0.932. The van der Waals surface area contributed by atoms with E-state index in [0.29, 0.717) is 23.7 Å². The van der Waals surface area contributed by atoms with Crippen molar-refractivity contribution in [3.63, 3.8) is 0 Å². The molecule has 0 saturated heterocycles. The first-order chi connectivity index (χ1) is 6.74. The number of carbonyl (C=O) groups excluding carboxylic acids is 1. The van der Waals surface area contributed by atoms with Crippen LogP contribution < -0.4 is 5.32 Å². The summed E-state index contributed by atoms with van der Waals surface area (Å²) in [5, 5.41) is 3.45.